The molecule has 1 aliphatic heterocycles. The Hall–Kier alpha value is -4.46. The highest BCUT2D eigenvalue weighted by atomic mass is 16.7. The fourth-order valence-corrected chi connectivity index (χ4v) is 3.94. The minimum atomic E-state index is -0.550. The maximum atomic E-state index is 12.8. The molecule has 0 atom stereocenters. The van der Waals surface area contributed by atoms with Gasteiger partial charge in [0.05, 0.1) is 0 Å². The van der Waals surface area contributed by atoms with E-state index < -0.39 is 18.5 Å². The fourth-order valence-electron chi connectivity index (χ4n) is 3.94. The molecule has 8 nitrogen and oxygen atoms in total. The van der Waals surface area contributed by atoms with Gasteiger partial charge in [-0.2, -0.15) is 0 Å². The van der Waals surface area contributed by atoms with Gasteiger partial charge >= 0.3 is 5.97 Å². The highest BCUT2D eigenvalue weighted by Crippen LogP contribution is 2.33. The minimum Gasteiger partial charge on any atom is -0.456 e. The predicted octanol–water partition coefficient (Wildman–Crippen LogP) is 3.31. The van der Waals surface area contributed by atoms with Gasteiger partial charge in [0.2, 0.25) is 6.79 Å². The third-order valence-electron chi connectivity index (χ3n) is 5.63. The maximum Gasteiger partial charge on any atom is 0.306 e. The van der Waals surface area contributed by atoms with E-state index in [2.05, 4.69) is 5.32 Å². The minimum absolute atomic E-state index is 0.0990. The van der Waals surface area contributed by atoms with Gasteiger partial charge in [-0.1, -0.05) is 30.3 Å². The number of hydrogen-bond donors (Lipinski definition) is 1. The van der Waals surface area contributed by atoms with Crippen LogP contribution in [0.15, 0.2) is 60.7 Å². The quantitative estimate of drug-likeness (QED) is 0.443. The molecule has 0 bridgehead atoms. The number of carbonyl (C=O) groups is 4. The lowest BCUT2D eigenvalue weighted by Crippen LogP contribution is -2.23. The molecule has 5 rings (SSSR count). The van der Waals surface area contributed by atoms with Crippen LogP contribution in [0.3, 0.4) is 0 Å². The standard InChI is InChI=1S/C26H19NO7/c28-23(13-32-24(29)10-6-15-5-9-21-22(11-15)34-14-33-21)27-16-7-8-19-20(12-16)26(31)18-4-2-1-3-17(18)25(19)30/h1-5,7-9,11-12H,6,10,13-14H2,(H,27,28). The van der Waals surface area contributed by atoms with Gasteiger partial charge < -0.3 is 19.5 Å². The lowest BCUT2D eigenvalue weighted by molar-refractivity contribution is -0.147. The Kier molecular flexibility index (Phi) is 5.55. The number of carbonyl (C=O) groups excluding carboxylic acids is 4. The molecule has 3 aromatic carbocycles. The number of nitrogens with one attached hydrogen (secondary N) is 1. The van der Waals surface area contributed by atoms with E-state index in [0.29, 0.717) is 34.7 Å². The van der Waals surface area contributed by atoms with Gasteiger partial charge in [0.15, 0.2) is 29.7 Å². The van der Waals surface area contributed by atoms with Crippen molar-refractivity contribution < 1.29 is 33.4 Å². The zero-order chi connectivity index (χ0) is 23.7. The lowest BCUT2D eigenvalue weighted by atomic mass is 9.84. The first-order valence-corrected chi connectivity index (χ1v) is 10.7. The Morgan fingerprint density at radius 2 is 1.53 bits per heavy atom. The summed E-state index contributed by atoms with van der Waals surface area (Å²) in [5.41, 5.74) is 2.43. The summed E-state index contributed by atoms with van der Waals surface area (Å²) in [5.74, 6) is -0.280. The number of aryl methyl sites for hydroxylation is 1. The van der Waals surface area contributed by atoms with E-state index >= 15 is 0 Å². The fraction of sp³-hybridized carbons (Fsp3) is 0.154. The van der Waals surface area contributed by atoms with Gasteiger partial charge in [0.25, 0.3) is 5.91 Å². The van der Waals surface area contributed by atoms with Crippen LogP contribution in [0.4, 0.5) is 5.69 Å². The van der Waals surface area contributed by atoms with Crippen molar-refractivity contribution in [1.29, 1.82) is 0 Å². The van der Waals surface area contributed by atoms with Crippen LogP contribution in [-0.2, 0) is 20.7 Å². The van der Waals surface area contributed by atoms with Crippen LogP contribution in [-0.4, -0.2) is 36.8 Å². The van der Waals surface area contributed by atoms with Gasteiger partial charge in [-0.15, -0.1) is 0 Å². The summed E-state index contributed by atoms with van der Waals surface area (Å²) in [4.78, 5) is 49.8. The van der Waals surface area contributed by atoms with Crippen LogP contribution >= 0.6 is 0 Å². The monoisotopic (exact) mass is 457 g/mol. The van der Waals surface area contributed by atoms with Crippen molar-refractivity contribution >= 4 is 29.1 Å². The van der Waals surface area contributed by atoms with Gasteiger partial charge in [-0.05, 0) is 42.3 Å². The van der Waals surface area contributed by atoms with E-state index in [9.17, 15) is 19.2 Å². The van der Waals surface area contributed by atoms with E-state index in [1.165, 1.54) is 18.2 Å². The van der Waals surface area contributed by atoms with Crippen LogP contribution in [0.2, 0.25) is 0 Å². The summed E-state index contributed by atoms with van der Waals surface area (Å²) in [5, 5.41) is 2.60. The second kappa shape index (κ2) is 8.82. The van der Waals surface area contributed by atoms with Crippen molar-refractivity contribution in [2.45, 2.75) is 12.8 Å². The smallest absolute Gasteiger partial charge is 0.306 e. The second-order valence-electron chi connectivity index (χ2n) is 7.86. The topological polar surface area (TPSA) is 108 Å². The number of ketones is 2. The lowest BCUT2D eigenvalue weighted by Gasteiger charge is -2.18. The summed E-state index contributed by atoms with van der Waals surface area (Å²) in [7, 11) is 0. The van der Waals surface area contributed by atoms with Gasteiger partial charge in [0, 0.05) is 34.4 Å². The Bertz CT molecular complexity index is 1340. The third kappa shape index (κ3) is 4.13. The Labute approximate surface area is 194 Å². The molecule has 3 aromatic rings. The molecule has 0 unspecified atom stereocenters. The number of anilines is 1. The van der Waals surface area contributed by atoms with Crippen molar-refractivity contribution in [2.75, 3.05) is 18.7 Å². The van der Waals surface area contributed by atoms with Crippen LogP contribution in [0.5, 0.6) is 11.5 Å². The molecule has 34 heavy (non-hydrogen) atoms. The highest BCUT2D eigenvalue weighted by molar-refractivity contribution is 6.28. The van der Waals surface area contributed by atoms with Gasteiger partial charge in [-0.25, -0.2) is 0 Å². The largest absolute Gasteiger partial charge is 0.456 e. The molecule has 0 fully saturated rings. The van der Waals surface area contributed by atoms with Crippen LogP contribution in [0.25, 0.3) is 0 Å². The molecule has 1 aliphatic carbocycles. The third-order valence-corrected chi connectivity index (χ3v) is 5.63. The van der Waals surface area contributed by atoms with Crippen molar-refractivity contribution in [3.63, 3.8) is 0 Å². The molecule has 0 spiro atoms. The summed E-state index contributed by atoms with van der Waals surface area (Å²) >= 11 is 0. The summed E-state index contributed by atoms with van der Waals surface area (Å²) in [6.45, 7) is -0.287. The van der Waals surface area contributed by atoms with Gasteiger partial charge in [0.1, 0.15) is 0 Å². The Balaban J connectivity index is 1.16. The average Bonchev–Trinajstić information content (AvgIpc) is 3.33. The number of fused-ring (bicyclic) bond motifs is 3. The van der Waals surface area contributed by atoms with E-state index in [-0.39, 0.29) is 35.9 Å². The molecule has 0 saturated carbocycles. The van der Waals surface area contributed by atoms with Crippen molar-refractivity contribution in [1.82, 2.24) is 0 Å². The van der Waals surface area contributed by atoms with Gasteiger partial charge in [-0.3, -0.25) is 19.2 Å². The van der Waals surface area contributed by atoms with E-state index in [0.717, 1.165) is 5.56 Å². The first-order valence-electron chi connectivity index (χ1n) is 10.7. The average molecular weight is 457 g/mol. The molecule has 8 heteroatoms. The summed E-state index contributed by atoms with van der Waals surface area (Å²) in [6.07, 6.45) is 0.529. The predicted molar refractivity (Wildman–Crippen MR) is 120 cm³/mol. The number of rotatable bonds is 6. The molecular formula is C26H19NO7. The highest BCUT2D eigenvalue weighted by Gasteiger charge is 2.29. The molecule has 2 aliphatic rings. The number of esters is 1. The van der Waals surface area contributed by atoms with Crippen LogP contribution in [0.1, 0.15) is 43.8 Å². The zero-order valence-electron chi connectivity index (χ0n) is 18.0. The number of amides is 1. The molecule has 0 saturated heterocycles. The zero-order valence-corrected chi connectivity index (χ0v) is 18.0. The number of benzene rings is 3. The van der Waals surface area contributed by atoms with Crippen LogP contribution in [0, 0.1) is 0 Å². The number of hydrogen-bond acceptors (Lipinski definition) is 7. The number of ether oxygens (including phenoxy) is 3. The first kappa shape index (κ1) is 21.4. The first-order chi connectivity index (χ1) is 16.5. The molecule has 170 valence electrons. The SMILES string of the molecule is O=C(COC(=O)CCc1ccc2c(c1)OCO2)Nc1ccc2c(c1)C(=O)c1ccccc1C2=O. The van der Waals surface area contributed by atoms with E-state index in [4.69, 9.17) is 14.2 Å². The van der Waals surface area contributed by atoms with Crippen molar-refractivity contribution in [3.05, 3.63) is 88.5 Å². The second-order valence-corrected chi connectivity index (χ2v) is 7.86. The normalized spacial score (nSPS) is 13.2. The van der Waals surface area contributed by atoms with Crippen LogP contribution < -0.4 is 14.8 Å². The molecule has 1 N–H and O–H groups in total. The molecule has 1 amide bonds. The Morgan fingerprint density at radius 1 is 0.824 bits per heavy atom. The van der Waals surface area contributed by atoms with Crippen molar-refractivity contribution in [3.8, 4) is 11.5 Å². The molecule has 0 aromatic heterocycles. The summed E-state index contributed by atoms with van der Waals surface area (Å²) in [6, 6.07) is 16.6. The maximum absolute atomic E-state index is 12.8. The van der Waals surface area contributed by atoms with Crippen molar-refractivity contribution in [2.24, 2.45) is 0 Å². The van der Waals surface area contributed by atoms with E-state index in [1.807, 2.05) is 12.1 Å². The molecule has 1 heterocycles. The molecular weight excluding hydrogens is 438 g/mol. The van der Waals surface area contributed by atoms with E-state index in [1.54, 1.807) is 30.3 Å². The molecule has 0 radical (unpaired) electrons. The summed E-state index contributed by atoms with van der Waals surface area (Å²) < 4.78 is 15.6. The Morgan fingerprint density at radius 3 is 2.32 bits per heavy atom.